The summed E-state index contributed by atoms with van der Waals surface area (Å²) in [6, 6.07) is 1.11. The lowest BCUT2D eigenvalue weighted by Gasteiger charge is -2.44. The first kappa shape index (κ1) is 13.9. The van der Waals surface area contributed by atoms with Gasteiger partial charge in [0.2, 0.25) is 0 Å². The smallest absolute Gasteiger partial charge is 0.0443 e. The van der Waals surface area contributed by atoms with Gasteiger partial charge >= 0.3 is 0 Å². The van der Waals surface area contributed by atoms with Gasteiger partial charge in [0, 0.05) is 51.5 Å². The van der Waals surface area contributed by atoms with Crippen LogP contribution in [-0.2, 0) is 0 Å². The summed E-state index contributed by atoms with van der Waals surface area (Å²) in [5.74, 6) is 0. The molecule has 0 radical (unpaired) electrons. The second-order valence-corrected chi connectivity index (χ2v) is 4.84. The molecule has 0 aromatic rings. The number of aliphatic hydroxyl groups is 2. The van der Waals surface area contributed by atoms with Gasteiger partial charge in [-0.2, -0.15) is 0 Å². The molecule has 96 valence electrons. The van der Waals surface area contributed by atoms with E-state index in [0.29, 0.717) is 12.1 Å². The quantitative estimate of drug-likeness (QED) is 0.682. The van der Waals surface area contributed by atoms with Crippen LogP contribution in [0.15, 0.2) is 0 Å². The SMILES string of the molecule is CC1CN(CCCO)C(C)CN1CCCO. The highest BCUT2D eigenvalue weighted by molar-refractivity contribution is 4.84. The minimum absolute atomic E-state index is 0.284. The molecular weight excluding hydrogens is 204 g/mol. The fourth-order valence-corrected chi connectivity index (χ4v) is 2.44. The van der Waals surface area contributed by atoms with Gasteiger partial charge < -0.3 is 10.2 Å². The number of piperazine rings is 1. The van der Waals surface area contributed by atoms with Crippen molar-refractivity contribution in [1.82, 2.24) is 9.80 Å². The van der Waals surface area contributed by atoms with Crippen molar-refractivity contribution in [3.05, 3.63) is 0 Å². The molecular formula is C12H26N2O2. The highest BCUT2D eigenvalue weighted by atomic mass is 16.3. The van der Waals surface area contributed by atoms with Crippen molar-refractivity contribution in [3.8, 4) is 0 Å². The standard InChI is InChI=1S/C12H26N2O2/c1-11-9-14(6-4-8-16)12(2)10-13(11)5-3-7-15/h11-12,15-16H,3-10H2,1-2H3. The second kappa shape index (κ2) is 7.22. The van der Waals surface area contributed by atoms with Gasteiger partial charge in [0.1, 0.15) is 0 Å². The number of rotatable bonds is 6. The van der Waals surface area contributed by atoms with Gasteiger partial charge in [0.05, 0.1) is 0 Å². The second-order valence-electron chi connectivity index (χ2n) is 4.84. The molecule has 1 fully saturated rings. The van der Waals surface area contributed by atoms with Crippen LogP contribution in [0, 0.1) is 0 Å². The summed E-state index contributed by atoms with van der Waals surface area (Å²) in [6.07, 6.45) is 1.74. The molecule has 2 N–H and O–H groups in total. The fraction of sp³-hybridized carbons (Fsp3) is 1.00. The third kappa shape index (κ3) is 4.01. The lowest BCUT2D eigenvalue weighted by molar-refractivity contribution is 0.0359. The monoisotopic (exact) mass is 230 g/mol. The Kier molecular flexibility index (Phi) is 6.28. The maximum Gasteiger partial charge on any atom is 0.0443 e. The molecule has 4 nitrogen and oxygen atoms in total. The van der Waals surface area contributed by atoms with Crippen molar-refractivity contribution >= 4 is 0 Å². The Morgan fingerprint density at radius 3 is 1.56 bits per heavy atom. The van der Waals surface area contributed by atoms with Gasteiger partial charge in [-0.3, -0.25) is 9.80 Å². The summed E-state index contributed by atoms with van der Waals surface area (Å²) in [6.45, 7) is 9.20. The molecule has 1 saturated heterocycles. The average Bonchev–Trinajstić information content (AvgIpc) is 2.28. The third-order valence-corrected chi connectivity index (χ3v) is 3.45. The molecule has 0 spiro atoms. The first-order valence-corrected chi connectivity index (χ1v) is 6.38. The van der Waals surface area contributed by atoms with E-state index in [1.807, 2.05) is 0 Å². The zero-order valence-electron chi connectivity index (χ0n) is 10.6. The molecule has 4 heteroatoms. The maximum absolute atomic E-state index is 8.85. The molecule has 1 aliphatic rings. The van der Waals surface area contributed by atoms with Crippen LogP contribution in [0.25, 0.3) is 0 Å². The Morgan fingerprint density at radius 2 is 1.25 bits per heavy atom. The van der Waals surface area contributed by atoms with E-state index < -0.39 is 0 Å². The Bertz CT molecular complexity index is 170. The van der Waals surface area contributed by atoms with Gasteiger partial charge in [-0.25, -0.2) is 0 Å². The predicted octanol–water partition coefficient (Wildman–Crippen LogP) is 0.146. The van der Waals surface area contributed by atoms with Crippen LogP contribution in [0.5, 0.6) is 0 Å². The van der Waals surface area contributed by atoms with E-state index in [-0.39, 0.29) is 13.2 Å². The first-order chi connectivity index (χ1) is 7.69. The van der Waals surface area contributed by atoms with Gasteiger partial charge in [-0.05, 0) is 26.7 Å². The lowest BCUT2D eigenvalue weighted by atomic mass is 10.1. The van der Waals surface area contributed by atoms with E-state index in [0.717, 1.165) is 39.0 Å². The van der Waals surface area contributed by atoms with Gasteiger partial charge in [-0.15, -0.1) is 0 Å². The molecule has 1 rings (SSSR count). The molecule has 0 aromatic heterocycles. The number of nitrogens with zero attached hydrogens (tertiary/aromatic N) is 2. The maximum atomic E-state index is 8.85. The van der Waals surface area contributed by atoms with E-state index in [1.165, 1.54) is 0 Å². The molecule has 0 aliphatic carbocycles. The van der Waals surface area contributed by atoms with Crippen LogP contribution >= 0.6 is 0 Å². The summed E-state index contributed by atoms with van der Waals surface area (Å²) in [4.78, 5) is 4.91. The molecule has 0 bridgehead atoms. The first-order valence-electron chi connectivity index (χ1n) is 6.38. The van der Waals surface area contributed by atoms with Gasteiger partial charge in [0.25, 0.3) is 0 Å². The summed E-state index contributed by atoms with van der Waals surface area (Å²) < 4.78 is 0. The third-order valence-electron chi connectivity index (χ3n) is 3.45. The van der Waals surface area contributed by atoms with E-state index >= 15 is 0 Å². The zero-order valence-corrected chi connectivity index (χ0v) is 10.6. The summed E-state index contributed by atoms with van der Waals surface area (Å²) in [5, 5.41) is 17.7. The fourth-order valence-electron chi connectivity index (χ4n) is 2.44. The van der Waals surface area contributed by atoms with E-state index in [1.54, 1.807) is 0 Å². The van der Waals surface area contributed by atoms with Crippen molar-refractivity contribution in [2.75, 3.05) is 39.4 Å². The van der Waals surface area contributed by atoms with Crippen LogP contribution in [-0.4, -0.2) is 71.5 Å². The topological polar surface area (TPSA) is 46.9 Å². The molecule has 1 aliphatic heterocycles. The predicted molar refractivity (Wildman–Crippen MR) is 65.5 cm³/mol. The molecule has 0 aromatic carbocycles. The largest absolute Gasteiger partial charge is 0.396 e. The Hall–Kier alpha value is -0.160. The van der Waals surface area contributed by atoms with Crippen LogP contribution in [0.2, 0.25) is 0 Å². The van der Waals surface area contributed by atoms with E-state index in [2.05, 4.69) is 23.6 Å². The van der Waals surface area contributed by atoms with E-state index in [4.69, 9.17) is 10.2 Å². The minimum Gasteiger partial charge on any atom is -0.396 e. The molecule has 1 heterocycles. The molecule has 16 heavy (non-hydrogen) atoms. The molecule has 0 amide bonds. The number of aliphatic hydroxyl groups excluding tert-OH is 2. The number of hydrogen-bond acceptors (Lipinski definition) is 4. The molecule has 0 saturated carbocycles. The minimum atomic E-state index is 0.284. The highest BCUT2D eigenvalue weighted by Crippen LogP contribution is 2.15. The number of hydrogen-bond donors (Lipinski definition) is 2. The Labute approximate surface area is 98.9 Å². The Balaban J connectivity index is 2.36. The van der Waals surface area contributed by atoms with Crippen molar-refractivity contribution in [2.24, 2.45) is 0 Å². The average molecular weight is 230 g/mol. The zero-order chi connectivity index (χ0) is 12.0. The van der Waals surface area contributed by atoms with Crippen molar-refractivity contribution in [3.63, 3.8) is 0 Å². The highest BCUT2D eigenvalue weighted by Gasteiger charge is 2.27. The summed E-state index contributed by atoms with van der Waals surface area (Å²) in [5.41, 5.74) is 0. The summed E-state index contributed by atoms with van der Waals surface area (Å²) >= 11 is 0. The summed E-state index contributed by atoms with van der Waals surface area (Å²) in [7, 11) is 0. The van der Waals surface area contributed by atoms with Gasteiger partial charge in [0.15, 0.2) is 0 Å². The Morgan fingerprint density at radius 1 is 0.875 bits per heavy atom. The van der Waals surface area contributed by atoms with Crippen LogP contribution in [0.3, 0.4) is 0 Å². The molecule has 2 atom stereocenters. The van der Waals surface area contributed by atoms with E-state index in [9.17, 15) is 0 Å². The van der Waals surface area contributed by atoms with Crippen LogP contribution < -0.4 is 0 Å². The normalized spacial score (nSPS) is 28.5. The molecule has 2 unspecified atom stereocenters. The lowest BCUT2D eigenvalue weighted by Crippen LogP contribution is -2.56. The van der Waals surface area contributed by atoms with Crippen molar-refractivity contribution in [1.29, 1.82) is 0 Å². The van der Waals surface area contributed by atoms with Crippen LogP contribution in [0.1, 0.15) is 26.7 Å². The van der Waals surface area contributed by atoms with Crippen molar-refractivity contribution in [2.45, 2.75) is 38.8 Å². The van der Waals surface area contributed by atoms with Crippen LogP contribution in [0.4, 0.5) is 0 Å². The van der Waals surface area contributed by atoms with Crippen molar-refractivity contribution < 1.29 is 10.2 Å². The van der Waals surface area contributed by atoms with Gasteiger partial charge in [-0.1, -0.05) is 0 Å².